The molecule has 1 amide bonds. The summed E-state index contributed by atoms with van der Waals surface area (Å²) >= 11 is 1.22. The summed E-state index contributed by atoms with van der Waals surface area (Å²) in [5.74, 6) is 1.21. The molecule has 152 valence electrons. The molecule has 0 aliphatic heterocycles. The number of alkyl halides is 3. The van der Waals surface area contributed by atoms with Gasteiger partial charge in [0.1, 0.15) is 5.82 Å². The molecule has 1 aliphatic carbocycles. The van der Waals surface area contributed by atoms with Crippen molar-refractivity contribution in [1.29, 1.82) is 0 Å². The fourth-order valence-corrected chi connectivity index (χ4v) is 4.13. The van der Waals surface area contributed by atoms with E-state index in [4.69, 9.17) is 0 Å². The number of anilines is 1. The van der Waals surface area contributed by atoms with Crippen LogP contribution in [0.5, 0.6) is 0 Å². The lowest BCUT2D eigenvalue weighted by Gasteiger charge is -2.20. The number of aromatic nitrogens is 3. The minimum atomic E-state index is -4.44. The molecule has 1 N–H and O–H groups in total. The minimum absolute atomic E-state index is 0.0473. The van der Waals surface area contributed by atoms with E-state index in [2.05, 4.69) is 15.5 Å². The van der Waals surface area contributed by atoms with Crippen molar-refractivity contribution in [3.05, 3.63) is 35.7 Å². The standard InChI is InChI=1S/C19H23F3N4OS/c1-26-16(10-13-6-3-2-4-7-13)24-25-18(26)28-12-17(27)23-15-9-5-8-14(11-15)19(20,21)22/h5,8-9,11,13H,2-4,6-7,10,12H2,1H3,(H,23,27). The Morgan fingerprint density at radius 3 is 2.71 bits per heavy atom. The highest BCUT2D eigenvalue weighted by atomic mass is 32.2. The van der Waals surface area contributed by atoms with Crippen LogP contribution >= 0.6 is 11.8 Å². The highest BCUT2D eigenvalue weighted by Crippen LogP contribution is 2.31. The van der Waals surface area contributed by atoms with Crippen molar-refractivity contribution in [2.45, 2.75) is 49.9 Å². The Bertz CT molecular complexity index is 816. The second kappa shape index (κ2) is 8.98. The number of carbonyl (C=O) groups is 1. The molecular formula is C19H23F3N4OS. The van der Waals surface area contributed by atoms with Crippen LogP contribution in [0, 0.1) is 5.92 Å². The third-order valence-corrected chi connectivity index (χ3v) is 5.95. The summed E-state index contributed by atoms with van der Waals surface area (Å²) in [5, 5.41) is 11.5. The van der Waals surface area contributed by atoms with Crippen LogP contribution in [0.4, 0.5) is 18.9 Å². The number of hydrogen-bond acceptors (Lipinski definition) is 4. The van der Waals surface area contributed by atoms with Gasteiger partial charge in [0.2, 0.25) is 5.91 Å². The van der Waals surface area contributed by atoms with E-state index in [0.29, 0.717) is 11.1 Å². The Morgan fingerprint density at radius 2 is 2.00 bits per heavy atom. The molecule has 0 bridgehead atoms. The van der Waals surface area contributed by atoms with Gasteiger partial charge in [-0.15, -0.1) is 10.2 Å². The van der Waals surface area contributed by atoms with Crippen molar-refractivity contribution in [3.8, 4) is 0 Å². The van der Waals surface area contributed by atoms with Gasteiger partial charge in [-0.2, -0.15) is 13.2 Å². The lowest BCUT2D eigenvalue weighted by Crippen LogP contribution is -2.15. The molecule has 28 heavy (non-hydrogen) atoms. The summed E-state index contributed by atoms with van der Waals surface area (Å²) in [4.78, 5) is 12.1. The lowest BCUT2D eigenvalue weighted by molar-refractivity contribution is -0.137. The normalized spacial score (nSPS) is 15.6. The van der Waals surface area contributed by atoms with Gasteiger partial charge in [0.05, 0.1) is 11.3 Å². The molecule has 0 radical (unpaired) electrons. The first-order chi connectivity index (χ1) is 13.3. The molecule has 0 atom stereocenters. The van der Waals surface area contributed by atoms with Crippen molar-refractivity contribution in [3.63, 3.8) is 0 Å². The van der Waals surface area contributed by atoms with Gasteiger partial charge >= 0.3 is 6.18 Å². The van der Waals surface area contributed by atoms with Crippen molar-refractivity contribution < 1.29 is 18.0 Å². The zero-order valence-electron chi connectivity index (χ0n) is 15.6. The third-order valence-electron chi connectivity index (χ3n) is 4.93. The van der Waals surface area contributed by atoms with Crippen LogP contribution in [-0.4, -0.2) is 26.4 Å². The van der Waals surface area contributed by atoms with E-state index >= 15 is 0 Å². The fraction of sp³-hybridized carbons (Fsp3) is 0.526. The first-order valence-corrected chi connectivity index (χ1v) is 10.3. The van der Waals surface area contributed by atoms with Gasteiger partial charge in [0.15, 0.2) is 5.16 Å². The largest absolute Gasteiger partial charge is 0.416 e. The quantitative estimate of drug-likeness (QED) is 0.700. The number of thioether (sulfide) groups is 1. The van der Waals surface area contributed by atoms with Crippen molar-refractivity contribution in [2.24, 2.45) is 13.0 Å². The molecule has 1 aromatic heterocycles. The zero-order chi connectivity index (χ0) is 20.1. The summed E-state index contributed by atoms with van der Waals surface area (Å²) in [6.07, 6.45) is 2.71. The SMILES string of the molecule is Cn1c(CC2CCCCC2)nnc1SCC(=O)Nc1cccc(C(F)(F)F)c1. The van der Waals surface area contributed by atoms with Gasteiger partial charge in [0, 0.05) is 19.2 Å². The van der Waals surface area contributed by atoms with Crippen LogP contribution < -0.4 is 5.32 Å². The zero-order valence-corrected chi connectivity index (χ0v) is 16.4. The number of hydrogen-bond donors (Lipinski definition) is 1. The van der Waals surface area contributed by atoms with E-state index in [1.807, 2.05) is 11.6 Å². The summed E-state index contributed by atoms with van der Waals surface area (Å²) < 4.78 is 40.2. The number of nitrogens with zero attached hydrogens (tertiary/aromatic N) is 3. The predicted molar refractivity (Wildman–Crippen MR) is 102 cm³/mol. The number of benzene rings is 1. The van der Waals surface area contributed by atoms with Crippen LogP contribution in [-0.2, 0) is 24.4 Å². The highest BCUT2D eigenvalue weighted by molar-refractivity contribution is 7.99. The van der Waals surface area contributed by atoms with Gasteiger partial charge in [-0.25, -0.2) is 0 Å². The maximum atomic E-state index is 12.8. The highest BCUT2D eigenvalue weighted by Gasteiger charge is 2.30. The van der Waals surface area contributed by atoms with E-state index in [1.165, 1.54) is 56.0 Å². The summed E-state index contributed by atoms with van der Waals surface area (Å²) in [7, 11) is 1.88. The molecule has 1 saturated carbocycles. The monoisotopic (exact) mass is 412 g/mol. The molecule has 5 nitrogen and oxygen atoms in total. The summed E-state index contributed by atoms with van der Waals surface area (Å²) in [6, 6.07) is 4.60. The maximum Gasteiger partial charge on any atom is 0.416 e. The van der Waals surface area contributed by atoms with Crippen LogP contribution in [0.25, 0.3) is 0 Å². The summed E-state index contributed by atoms with van der Waals surface area (Å²) in [6.45, 7) is 0. The molecule has 0 spiro atoms. The van der Waals surface area contributed by atoms with Crippen molar-refractivity contribution in [1.82, 2.24) is 14.8 Å². The molecule has 1 aliphatic rings. The van der Waals surface area contributed by atoms with Crippen LogP contribution in [0.3, 0.4) is 0 Å². The van der Waals surface area contributed by atoms with Gasteiger partial charge in [-0.3, -0.25) is 4.79 Å². The maximum absolute atomic E-state index is 12.8. The van der Waals surface area contributed by atoms with Gasteiger partial charge in [-0.05, 0) is 24.1 Å². The van der Waals surface area contributed by atoms with Crippen LogP contribution in [0.2, 0.25) is 0 Å². The Hall–Kier alpha value is -2.03. The average Bonchev–Trinajstić information content (AvgIpc) is 3.00. The molecule has 1 aromatic carbocycles. The van der Waals surface area contributed by atoms with Crippen LogP contribution in [0.1, 0.15) is 43.5 Å². The lowest BCUT2D eigenvalue weighted by atomic mass is 9.87. The van der Waals surface area contributed by atoms with E-state index in [9.17, 15) is 18.0 Å². The molecule has 1 fully saturated rings. The Balaban J connectivity index is 1.53. The predicted octanol–water partition coefficient (Wildman–Crippen LogP) is 4.69. The summed E-state index contributed by atoms with van der Waals surface area (Å²) in [5.41, 5.74) is -0.671. The Labute approximate surface area is 166 Å². The Kier molecular flexibility index (Phi) is 6.64. The number of nitrogens with one attached hydrogen (secondary N) is 1. The van der Waals surface area contributed by atoms with Gasteiger partial charge in [-0.1, -0.05) is 49.9 Å². The molecule has 3 rings (SSSR count). The molecule has 2 aromatic rings. The van der Waals surface area contributed by atoms with E-state index < -0.39 is 11.7 Å². The van der Waals surface area contributed by atoms with Crippen molar-refractivity contribution >= 4 is 23.4 Å². The molecule has 0 saturated heterocycles. The number of rotatable bonds is 6. The molecule has 1 heterocycles. The number of amides is 1. The molecule has 0 unspecified atom stereocenters. The third kappa shape index (κ3) is 5.50. The Morgan fingerprint density at radius 1 is 1.25 bits per heavy atom. The van der Waals surface area contributed by atoms with E-state index in [-0.39, 0.29) is 17.3 Å². The second-order valence-corrected chi connectivity index (χ2v) is 8.02. The smallest absolute Gasteiger partial charge is 0.325 e. The molecular weight excluding hydrogens is 389 g/mol. The van der Waals surface area contributed by atoms with E-state index in [1.54, 1.807) is 0 Å². The van der Waals surface area contributed by atoms with Gasteiger partial charge in [0.25, 0.3) is 0 Å². The number of carbonyl (C=O) groups excluding carboxylic acids is 1. The second-order valence-electron chi connectivity index (χ2n) is 7.08. The molecule has 9 heteroatoms. The van der Waals surface area contributed by atoms with Gasteiger partial charge < -0.3 is 9.88 Å². The van der Waals surface area contributed by atoms with E-state index in [0.717, 1.165) is 24.4 Å². The first-order valence-electron chi connectivity index (χ1n) is 9.31. The van der Waals surface area contributed by atoms with Crippen LogP contribution in [0.15, 0.2) is 29.4 Å². The fourth-order valence-electron chi connectivity index (χ4n) is 3.40. The minimum Gasteiger partial charge on any atom is -0.325 e. The number of halogens is 3. The average molecular weight is 412 g/mol. The van der Waals surface area contributed by atoms with Crippen molar-refractivity contribution in [2.75, 3.05) is 11.1 Å². The first kappa shape index (κ1) is 20.7. The topological polar surface area (TPSA) is 59.8 Å².